The molecule has 96 valence electrons. The first-order chi connectivity index (χ1) is 8.50. The summed E-state index contributed by atoms with van der Waals surface area (Å²) in [6.45, 7) is 0.365. The number of nitrogens with one attached hydrogen (secondary N) is 1. The van der Waals surface area contributed by atoms with E-state index in [2.05, 4.69) is 15.4 Å². The highest BCUT2D eigenvalue weighted by Gasteiger charge is 2.08. The van der Waals surface area contributed by atoms with E-state index in [0.29, 0.717) is 6.54 Å². The summed E-state index contributed by atoms with van der Waals surface area (Å²) in [7, 11) is 4.77. The number of hydrogen-bond donors (Lipinski definition) is 1. The molecule has 8 heteroatoms. The van der Waals surface area contributed by atoms with E-state index in [9.17, 15) is 9.59 Å². The van der Waals surface area contributed by atoms with Gasteiger partial charge in [0.05, 0.1) is 6.54 Å². The molecule has 0 aliphatic carbocycles. The summed E-state index contributed by atoms with van der Waals surface area (Å²) < 4.78 is 3.95. The molecule has 0 bridgehead atoms. The van der Waals surface area contributed by atoms with Gasteiger partial charge in [-0.3, -0.25) is 9.36 Å². The van der Waals surface area contributed by atoms with Gasteiger partial charge in [-0.15, -0.1) is 5.10 Å². The molecule has 1 N–H and O–H groups in total. The van der Waals surface area contributed by atoms with Crippen LogP contribution in [0.5, 0.6) is 0 Å². The van der Waals surface area contributed by atoms with Crippen LogP contribution in [0, 0.1) is 0 Å². The molecule has 2 heterocycles. The van der Waals surface area contributed by atoms with E-state index >= 15 is 0 Å². The maximum atomic E-state index is 11.8. The second kappa shape index (κ2) is 4.47. The molecule has 18 heavy (non-hydrogen) atoms. The zero-order chi connectivity index (χ0) is 13.3. The molecule has 2 aromatic rings. The molecule has 0 amide bonds. The molecule has 8 nitrogen and oxygen atoms in total. The highest BCUT2D eigenvalue weighted by Crippen LogP contribution is 1.97. The van der Waals surface area contributed by atoms with Gasteiger partial charge in [0, 0.05) is 33.5 Å². The molecule has 0 radical (unpaired) electrons. The predicted molar refractivity (Wildman–Crippen MR) is 65.3 cm³/mol. The lowest BCUT2D eigenvalue weighted by Crippen LogP contribution is -2.40. The number of aromatic nitrogens is 5. The highest BCUT2D eigenvalue weighted by molar-refractivity contribution is 5.29. The SMILES string of the molecule is Cn1ccnc1CNc1nn(C)c(=O)n(C)c1=O. The monoisotopic (exact) mass is 250 g/mol. The van der Waals surface area contributed by atoms with Crippen molar-refractivity contribution >= 4 is 5.82 Å². The van der Waals surface area contributed by atoms with Crippen molar-refractivity contribution in [3.8, 4) is 0 Å². The Hall–Kier alpha value is -2.38. The van der Waals surface area contributed by atoms with Gasteiger partial charge < -0.3 is 9.88 Å². The van der Waals surface area contributed by atoms with Gasteiger partial charge in [-0.1, -0.05) is 0 Å². The van der Waals surface area contributed by atoms with Crippen LogP contribution in [0.15, 0.2) is 22.0 Å². The van der Waals surface area contributed by atoms with Crippen LogP contribution in [0.25, 0.3) is 0 Å². The normalized spacial score (nSPS) is 10.6. The first kappa shape index (κ1) is 12.1. The smallest absolute Gasteiger partial charge is 0.346 e. The van der Waals surface area contributed by atoms with Crippen LogP contribution in [0.4, 0.5) is 5.82 Å². The minimum Gasteiger partial charge on any atom is -0.357 e. The summed E-state index contributed by atoms with van der Waals surface area (Å²) in [4.78, 5) is 27.3. The van der Waals surface area contributed by atoms with Gasteiger partial charge in [-0.2, -0.15) is 0 Å². The van der Waals surface area contributed by atoms with Gasteiger partial charge in [0.15, 0.2) is 0 Å². The Morgan fingerprint density at radius 2 is 2.00 bits per heavy atom. The van der Waals surface area contributed by atoms with E-state index in [0.717, 1.165) is 15.1 Å². The van der Waals surface area contributed by atoms with E-state index in [1.54, 1.807) is 6.20 Å². The van der Waals surface area contributed by atoms with Crippen molar-refractivity contribution in [1.29, 1.82) is 0 Å². The van der Waals surface area contributed by atoms with Crippen molar-refractivity contribution in [2.45, 2.75) is 6.54 Å². The van der Waals surface area contributed by atoms with Crippen molar-refractivity contribution in [2.75, 3.05) is 5.32 Å². The molecule has 0 spiro atoms. The predicted octanol–water partition coefficient (Wildman–Crippen LogP) is -1.18. The van der Waals surface area contributed by atoms with Crippen LogP contribution < -0.4 is 16.6 Å². The minimum absolute atomic E-state index is 0.127. The van der Waals surface area contributed by atoms with Gasteiger partial charge in [0.2, 0.25) is 5.82 Å². The molecule has 0 saturated heterocycles. The van der Waals surface area contributed by atoms with Crippen molar-refractivity contribution < 1.29 is 0 Å². The largest absolute Gasteiger partial charge is 0.357 e. The maximum absolute atomic E-state index is 11.8. The summed E-state index contributed by atoms with van der Waals surface area (Å²) in [6, 6.07) is 0. The highest BCUT2D eigenvalue weighted by atomic mass is 16.2. The minimum atomic E-state index is -0.456. The van der Waals surface area contributed by atoms with Gasteiger partial charge >= 0.3 is 5.69 Å². The fraction of sp³-hybridized carbons (Fsp3) is 0.400. The van der Waals surface area contributed by atoms with Crippen molar-refractivity contribution in [2.24, 2.45) is 21.1 Å². The number of anilines is 1. The van der Waals surface area contributed by atoms with Crippen molar-refractivity contribution in [3.05, 3.63) is 39.1 Å². The third kappa shape index (κ3) is 2.04. The summed E-state index contributed by atoms with van der Waals surface area (Å²) >= 11 is 0. The lowest BCUT2D eigenvalue weighted by atomic mass is 10.5. The van der Waals surface area contributed by atoms with Crippen molar-refractivity contribution in [1.82, 2.24) is 23.9 Å². The van der Waals surface area contributed by atoms with E-state index < -0.39 is 11.2 Å². The van der Waals surface area contributed by atoms with E-state index in [-0.39, 0.29) is 5.82 Å². The Bertz CT molecular complexity index is 680. The molecular weight excluding hydrogens is 236 g/mol. The average Bonchev–Trinajstić information content (AvgIpc) is 2.75. The molecule has 0 aromatic carbocycles. The lowest BCUT2D eigenvalue weighted by molar-refractivity contribution is 0.603. The standard InChI is InChI=1S/C10H14N6O2/c1-14-5-4-11-7(14)6-12-8-9(17)15(2)10(18)16(3)13-8/h4-5H,6H2,1-3H3,(H,12,13). The Labute approximate surface area is 103 Å². The van der Waals surface area contributed by atoms with E-state index in [4.69, 9.17) is 0 Å². The Morgan fingerprint density at radius 1 is 1.28 bits per heavy atom. The van der Waals surface area contributed by atoms with Gasteiger partial charge in [-0.25, -0.2) is 14.5 Å². The second-order valence-corrected chi connectivity index (χ2v) is 3.93. The van der Waals surface area contributed by atoms with Gasteiger partial charge in [-0.05, 0) is 0 Å². The van der Waals surface area contributed by atoms with Crippen LogP contribution in [-0.2, 0) is 27.7 Å². The van der Waals surface area contributed by atoms with Crippen LogP contribution in [0.1, 0.15) is 5.82 Å². The number of hydrogen-bond acceptors (Lipinski definition) is 5. The van der Waals surface area contributed by atoms with E-state index in [1.807, 2.05) is 17.8 Å². The topological polar surface area (TPSA) is 86.7 Å². The molecule has 0 saturated carbocycles. The van der Waals surface area contributed by atoms with Gasteiger partial charge in [0.1, 0.15) is 5.82 Å². The summed E-state index contributed by atoms with van der Waals surface area (Å²) in [6.07, 6.45) is 3.48. The lowest BCUT2D eigenvalue weighted by Gasteiger charge is -2.07. The Kier molecular flexibility index (Phi) is 3.00. The molecule has 0 aliphatic heterocycles. The molecule has 0 aliphatic rings. The maximum Gasteiger partial charge on any atom is 0.346 e. The summed E-state index contributed by atoms with van der Waals surface area (Å²) in [5.41, 5.74) is -0.908. The first-order valence-electron chi connectivity index (χ1n) is 5.35. The molecule has 0 fully saturated rings. The fourth-order valence-corrected chi connectivity index (χ4v) is 1.54. The van der Waals surface area contributed by atoms with Crippen molar-refractivity contribution in [3.63, 3.8) is 0 Å². The quantitative estimate of drug-likeness (QED) is 0.741. The average molecular weight is 250 g/mol. The zero-order valence-electron chi connectivity index (χ0n) is 10.4. The third-order valence-electron chi connectivity index (χ3n) is 2.66. The van der Waals surface area contributed by atoms with Crippen LogP contribution >= 0.6 is 0 Å². The number of nitrogens with zero attached hydrogens (tertiary/aromatic N) is 5. The molecule has 2 rings (SSSR count). The van der Waals surface area contributed by atoms with Gasteiger partial charge in [0.25, 0.3) is 5.56 Å². The van der Waals surface area contributed by atoms with Crippen LogP contribution in [0.2, 0.25) is 0 Å². The Morgan fingerprint density at radius 3 is 2.61 bits per heavy atom. The van der Waals surface area contributed by atoms with Crippen LogP contribution in [0.3, 0.4) is 0 Å². The molecular formula is C10H14N6O2. The molecule has 0 atom stereocenters. The molecule has 0 unspecified atom stereocenters. The number of aryl methyl sites for hydroxylation is 2. The zero-order valence-corrected chi connectivity index (χ0v) is 10.4. The molecule has 2 aromatic heterocycles. The third-order valence-corrected chi connectivity index (χ3v) is 2.66. The van der Waals surface area contributed by atoms with Crippen LogP contribution in [-0.4, -0.2) is 23.9 Å². The summed E-state index contributed by atoms with van der Waals surface area (Å²) in [5.74, 6) is 0.898. The fourth-order valence-electron chi connectivity index (χ4n) is 1.54. The number of imidazole rings is 1. The summed E-state index contributed by atoms with van der Waals surface area (Å²) in [5, 5.41) is 6.76. The van der Waals surface area contributed by atoms with E-state index in [1.165, 1.54) is 14.1 Å². The second-order valence-electron chi connectivity index (χ2n) is 3.93. The Balaban J connectivity index is 2.28. The first-order valence-corrected chi connectivity index (χ1v) is 5.35. The number of rotatable bonds is 3.